The number of carbonyl (C=O) groups excluding carboxylic acids is 2. The van der Waals surface area contributed by atoms with Gasteiger partial charge in [0.1, 0.15) is 18.0 Å². The second-order valence-electron chi connectivity index (χ2n) is 8.59. The van der Waals surface area contributed by atoms with Gasteiger partial charge in [0.25, 0.3) is 0 Å². The minimum atomic E-state index is -0.743. The highest BCUT2D eigenvalue weighted by molar-refractivity contribution is 5.74. The number of hydrogen-bond donors (Lipinski definition) is 3. The van der Waals surface area contributed by atoms with E-state index in [1.165, 1.54) is 6.07 Å². The van der Waals surface area contributed by atoms with Crippen LogP contribution < -0.4 is 20.7 Å². The molecule has 0 radical (unpaired) electrons. The van der Waals surface area contributed by atoms with Crippen molar-refractivity contribution in [1.82, 2.24) is 16.0 Å². The van der Waals surface area contributed by atoms with Gasteiger partial charge in [-0.15, -0.1) is 0 Å². The van der Waals surface area contributed by atoms with E-state index in [-0.39, 0.29) is 18.8 Å². The number of nitrogens with one attached hydrogen (secondary N) is 3. The fraction of sp³-hybridized carbons (Fsp3) is 0.391. The lowest BCUT2D eigenvalue weighted by Gasteiger charge is -2.26. The smallest absolute Gasteiger partial charge is 0.407 e. The minimum absolute atomic E-state index is 0.0334. The summed E-state index contributed by atoms with van der Waals surface area (Å²) in [5, 5.41) is 8.18. The Morgan fingerprint density at radius 2 is 1.69 bits per heavy atom. The van der Waals surface area contributed by atoms with Gasteiger partial charge in [0.2, 0.25) is 0 Å². The standard InChI is InChI=1S/C23H27F2N3O4/c1-23(2,3)32-22(30)27-12-15-6-4-14(5-7-15)11-26-21(29)28-18-9-16-8-17(24)10-19(25)20(16)31-13-18/h4-8,10,18H,9,11-13H2,1-3H3,(H,27,30)(H2,26,28,29). The molecule has 2 aromatic rings. The van der Waals surface area contributed by atoms with Crippen molar-refractivity contribution < 1.29 is 27.8 Å². The second kappa shape index (κ2) is 9.84. The van der Waals surface area contributed by atoms with Crippen molar-refractivity contribution in [2.24, 2.45) is 0 Å². The molecular formula is C23H27F2N3O4. The molecule has 3 rings (SSSR count). The quantitative estimate of drug-likeness (QED) is 0.651. The van der Waals surface area contributed by atoms with Crippen molar-refractivity contribution in [3.05, 3.63) is 64.7 Å². The summed E-state index contributed by atoms with van der Waals surface area (Å²) >= 11 is 0. The molecule has 3 amide bonds. The van der Waals surface area contributed by atoms with Gasteiger partial charge < -0.3 is 25.4 Å². The summed E-state index contributed by atoms with van der Waals surface area (Å²) in [6.07, 6.45) is -0.212. The highest BCUT2D eigenvalue weighted by Crippen LogP contribution is 2.28. The summed E-state index contributed by atoms with van der Waals surface area (Å²) in [5.41, 5.74) is 1.59. The summed E-state index contributed by atoms with van der Waals surface area (Å²) in [5.74, 6) is -1.39. The van der Waals surface area contributed by atoms with Crippen LogP contribution in [0.15, 0.2) is 36.4 Å². The van der Waals surface area contributed by atoms with Crippen molar-refractivity contribution in [2.45, 2.75) is 51.9 Å². The highest BCUT2D eigenvalue weighted by atomic mass is 19.1. The SMILES string of the molecule is CC(C)(C)OC(=O)NCc1ccc(CNC(=O)NC2COc3c(F)cc(F)cc3C2)cc1. The van der Waals surface area contributed by atoms with Crippen LogP contribution in [-0.4, -0.2) is 30.4 Å². The van der Waals surface area contributed by atoms with Gasteiger partial charge in [0, 0.05) is 24.7 Å². The van der Waals surface area contributed by atoms with Gasteiger partial charge in [-0.05, 0) is 44.4 Å². The van der Waals surface area contributed by atoms with Gasteiger partial charge in [0.15, 0.2) is 11.6 Å². The van der Waals surface area contributed by atoms with Crippen LogP contribution in [0.5, 0.6) is 5.75 Å². The van der Waals surface area contributed by atoms with Crippen LogP contribution >= 0.6 is 0 Å². The summed E-state index contributed by atoms with van der Waals surface area (Å²) < 4.78 is 37.7. The Hall–Kier alpha value is -3.36. The van der Waals surface area contributed by atoms with Gasteiger partial charge >= 0.3 is 12.1 Å². The van der Waals surface area contributed by atoms with Gasteiger partial charge in [-0.3, -0.25) is 0 Å². The monoisotopic (exact) mass is 447 g/mol. The Bertz CT molecular complexity index is 974. The Balaban J connectivity index is 1.43. The van der Waals surface area contributed by atoms with E-state index in [4.69, 9.17) is 9.47 Å². The van der Waals surface area contributed by atoms with Gasteiger partial charge in [0.05, 0.1) is 6.04 Å². The first-order valence-corrected chi connectivity index (χ1v) is 10.3. The van der Waals surface area contributed by atoms with Gasteiger partial charge in [-0.1, -0.05) is 24.3 Å². The highest BCUT2D eigenvalue weighted by Gasteiger charge is 2.24. The van der Waals surface area contributed by atoms with Crippen LogP contribution in [-0.2, 0) is 24.2 Å². The fourth-order valence-corrected chi connectivity index (χ4v) is 3.21. The number of alkyl carbamates (subject to hydrolysis) is 1. The van der Waals surface area contributed by atoms with E-state index >= 15 is 0 Å². The van der Waals surface area contributed by atoms with Crippen molar-refractivity contribution in [3.8, 4) is 5.75 Å². The number of amides is 3. The Morgan fingerprint density at radius 1 is 1.06 bits per heavy atom. The van der Waals surface area contributed by atoms with Crippen LogP contribution in [0.25, 0.3) is 0 Å². The molecule has 1 heterocycles. The van der Waals surface area contributed by atoms with Crippen molar-refractivity contribution in [1.29, 1.82) is 0 Å². The van der Waals surface area contributed by atoms with Crippen molar-refractivity contribution in [3.63, 3.8) is 0 Å². The molecule has 3 N–H and O–H groups in total. The number of benzene rings is 2. The average Bonchev–Trinajstić information content (AvgIpc) is 2.70. The molecule has 0 aliphatic carbocycles. The number of hydrogen-bond acceptors (Lipinski definition) is 4. The molecule has 1 atom stereocenters. The van der Waals surface area contributed by atoms with Crippen molar-refractivity contribution in [2.75, 3.05) is 6.61 Å². The number of fused-ring (bicyclic) bond motifs is 1. The van der Waals surface area contributed by atoms with E-state index in [9.17, 15) is 18.4 Å². The largest absolute Gasteiger partial charge is 0.488 e. The fourth-order valence-electron chi connectivity index (χ4n) is 3.21. The topological polar surface area (TPSA) is 88.7 Å². The van der Waals surface area contributed by atoms with Crippen LogP contribution in [0.3, 0.4) is 0 Å². The average molecular weight is 447 g/mol. The zero-order valence-corrected chi connectivity index (χ0v) is 18.3. The maximum absolute atomic E-state index is 13.7. The predicted molar refractivity (Wildman–Crippen MR) is 114 cm³/mol. The molecule has 0 saturated carbocycles. The Kier molecular flexibility index (Phi) is 7.17. The molecule has 172 valence electrons. The van der Waals surface area contributed by atoms with Crippen molar-refractivity contribution >= 4 is 12.1 Å². The molecule has 1 unspecified atom stereocenters. The zero-order chi connectivity index (χ0) is 23.3. The second-order valence-corrected chi connectivity index (χ2v) is 8.59. The molecule has 0 spiro atoms. The molecule has 1 aliphatic rings. The predicted octanol–water partition coefficient (Wildman–Crippen LogP) is 3.79. The Labute approximate surface area is 185 Å². The number of rotatable bonds is 5. The number of urea groups is 1. The van der Waals surface area contributed by atoms with E-state index in [0.29, 0.717) is 18.7 Å². The zero-order valence-electron chi connectivity index (χ0n) is 18.3. The lowest BCUT2D eigenvalue weighted by molar-refractivity contribution is 0.0523. The molecule has 1 aliphatic heterocycles. The Morgan fingerprint density at radius 3 is 2.31 bits per heavy atom. The van der Waals surface area contributed by atoms with E-state index in [2.05, 4.69) is 16.0 Å². The molecule has 9 heteroatoms. The third kappa shape index (κ3) is 6.83. The first kappa shape index (κ1) is 23.3. The third-order valence-corrected chi connectivity index (χ3v) is 4.63. The molecule has 0 saturated heterocycles. The number of carbonyl (C=O) groups is 2. The van der Waals surface area contributed by atoms with Crippen LogP contribution in [0.4, 0.5) is 18.4 Å². The molecule has 2 aromatic carbocycles. The first-order valence-electron chi connectivity index (χ1n) is 10.3. The third-order valence-electron chi connectivity index (χ3n) is 4.63. The molecular weight excluding hydrogens is 420 g/mol. The first-order chi connectivity index (χ1) is 15.1. The molecule has 0 bridgehead atoms. The van der Waals surface area contributed by atoms with E-state index in [1.807, 2.05) is 24.3 Å². The summed E-state index contributed by atoms with van der Waals surface area (Å²) in [7, 11) is 0. The van der Waals surface area contributed by atoms with Crippen LogP contribution in [0.2, 0.25) is 0 Å². The summed E-state index contributed by atoms with van der Waals surface area (Å²) in [6, 6.07) is 8.57. The number of ether oxygens (including phenoxy) is 2. The number of halogens is 2. The van der Waals surface area contributed by atoms with E-state index in [0.717, 1.165) is 17.2 Å². The molecule has 0 aromatic heterocycles. The van der Waals surface area contributed by atoms with E-state index in [1.54, 1.807) is 20.8 Å². The lowest BCUT2D eigenvalue weighted by Crippen LogP contribution is -2.47. The molecule has 7 nitrogen and oxygen atoms in total. The lowest BCUT2D eigenvalue weighted by atomic mass is 10.0. The summed E-state index contributed by atoms with van der Waals surface area (Å²) in [6.45, 7) is 6.10. The van der Waals surface area contributed by atoms with E-state index < -0.39 is 35.4 Å². The molecule has 32 heavy (non-hydrogen) atoms. The maximum Gasteiger partial charge on any atom is 0.407 e. The van der Waals surface area contributed by atoms with Gasteiger partial charge in [-0.25, -0.2) is 18.4 Å². The normalized spacial score (nSPS) is 15.2. The maximum atomic E-state index is 13.7. The van der Waals surface area contributed by atoms with Crippen LogP contribution in [0, 0.1) is 11.6 Å². The van der Waals surface area contributed by atoms with Crippen LogP contribution in [0.1, 0.15) is 37.5 Å². The molecule has 0 fully saturated rings. The summed E-state index contributed by atoms with van der Waals surface area (Å²) in [4.78, 5) is 23.9. The minimum Gasteiger partial charge on any atom is -0.488 e. The van der Waals surface area contributed by atoms with Gasteiger partial charge in [-0.2, -0.15) is 0 Å².